The van der Waals surface area contributed by atoms with Crippen LogP contribution in [0, 0.1) is 34.9 Å². The number of aromatic carboxylic acids is 3. The molecule has 3 N–H and O–H groups in total. The Balaban J connectivity index is 0.000000184. The quantitative estimate of drug-likeness (QED) is 0.136. The molecule has 0 saturated carbocycles. The molecule has 6 heterocycles. The maximum absolute atomic E-state index is 15.2. The van der Waals surface area contributed by atoms with Gasteiger partial charge in [-0.05, 0) is 59.7 Å². The number of anilines is 3. The van der Waals surface area contributed by atoms with E-state index in [0.29, 0.717) is 58.9 Å². The van der Waals surface area contributed by atoms with Crippen LogP contribution in [0.15, 0.2) is 51.2 Å². The van der Waals surface area contributed by atoms with Gasteiger partial charge in [0, 0.05) is 115 Å². The number of hydrogen-bond acceptors (Lipinski definition) is 15. The van der Waals surface area contributed by atoms with Crippen LogP contribution in [0.2, 0.25) is 0 Å². The standard InChI is InChI=1S/3C17H19F2N3O3.Ga/c3*1-3-21-8-11(17(24)25)16(23)10-6-12(18)15(13(19)14(10)21)22-5-4-20-9(2)7-22;/h3*6,8-9,20H,3-5,7H2,1-2H3,(H,24,25);/q;;;+3/p-3. The van der Waals surface area contributed by atoms with Crippen LogP contribution in [-0.4, -0.2) is 128 Å². The van der Waals surface area contributed by atoms with Gasteiger partial charge in [-0.2, -0.15) is 0 Å². The molecule has 6 aromatic rings. The van der Waals surface area contributed by atoms with Gasteiger partial charge in [-0.1, -0.05) is 0 Å². The first kappa shape index (κ1) is 58.5. The number of carboxylic acid groups (broad SMARTS) is 3. The van der Waals surface area contributed by atoms with Crippen LogP contribution in [-0.2, 0) is 19.6 Å². The van der Waals surface area contributed by atoms with Gasteiger partial charge in [0.2, 0.25) is 0 Å². The minimum atomic E-state index is -1.67. The first-order valence-corrected chi connectivity index (χ1v) is 24.3. The summed E-state index contributed by atoms with van der Waals surface area (Å²) in [7, 11) is 0. The van der Waals surface area contributed by atoms with Crippen molar-refractivity contribution in [3.8, 4) is 0 Å². The average molecular weight is 1120 g/mol. The molecule has 3 unspecified atom stereocenters. The largest absolute Gasteiger partial charge is 3.00 e. The van der Waals surface area contributed by atoms with Gasteiger partial charge in [0.1, 0.15) is 34.5 Å². The fourth-order valence-corrected chi connectivity index (χ4v) is 9.89. The monoisotopic (exact) mass is 1120 g/mol. The molecule has 0 amide bonds. The Morgan fingerprint density at radius 3 is 0.921 bits per heavy atom. The van der Waals surface area contributed by atoms with Crippen molar-refractivity contribution in [2.24, 2.45) is 0 Å². The zero-order valence-corrected chi connectivity index (χ0v) is 44.8. The van der Waals surface area contributed by atoms with E-state index < -0.39 is 85.8 Å². The number of hydrogen-bond donors (Lipinski definition) is 3. The van der Waals surface area contributed by atoms with E-state index in [1.807, 2.05) is 20.8 Å². The average Bonchev–Trinajstić information content (AvgIpc) is 3.35. The smallest absolute Gasteiger partial charge is 0.545 e. The summed E-state index contributed by atoms with van der Waals surface area (Å²) in [5.41, 5.74) is -5.55. The molecule has 3 fully saturated rings. The van der Waals surface area contributed by atoms with E-state index in [1.54, 1.807) is 35.5 Å². The topological polar surface area (TPSA) is 232 Å². The third-order valence-electron chi connectivity index (χ3n) is 13.4. The molecule has 18 nitrogen and oxygen atoms in total. The summed E-state index contributed by atoms with van der Waals surface area (Å²) in [6.45, 7) is 15.7. The van der Waals surface area contributed by atoms with Crippen LogP contribution in [0.1, 0.15) is 72.6 Å². The van der Waals surface area contributed by atoms with Gasteiger partial charge in [-0.15, -0.1) is 0 Å². The number of carbonyl (C=O) groups is 3. The molecule has 3 aliphatic rings. The van der Waals surface area contributed by atoms with Crippen molar-refractivity contribution in [2.75, 3.05) is 73.6 Å². The first-order chi connectivity index (χ1) is 35.5. The number of nitrogens with one attached hydrogen (secondary N) is 3. The van der Waals surface area contributed by atoms with Crippen LogP contribution < -0.4 is 62.3 Å². The number of carboxylic acids is 3. The zero-order valence-electron chi connectivity index (χ0n) is 42.4. The fraction of sp³-hybridized carbons (Fsp3) is 0.412. The number of aryl methyl sites for hydroxylation is 3. The number of aromatic nitrogens is 3. The summed E-state index contributed by atoms with van der Waals surface area (Å²) in [6, 6.07) is 2.95. The van der Waals surface area contributed by atoms with E-state index in [0.717, 1.165) is 36.8 Å². The Hall–Kier alpha value is -6.80. The van der Waals surface area contributed by atoms with Gasteiger partial charge in [-0.3, -0.25) is 14.4 Å². The minimum absolute atomic E-state index is 0. The Kier molecular flexibility index (Phi) is 18.5. The molecule has 25 heteroatoms. The number of pyridine rings is 3. The molecule has 0 aliphatic carbocycles. The Morgan fingerprint density at radius 1 is 0.487 bits per heavy atom. The molecule has 76 heavy (non-hydrogen) atoms. The Morgan fingerprint density at radius 2 is 0.724 bits per heavy atom. The van der Waals surface area contributed by atoms with Gasteiger partial charge >= 0.3 is 19.8 Å². The first-order valence-electron chi connectivity index (χ1n) is 24.3. The van der Waals surface area contributed by atoms with E-state index in [2.05, 4.69) is 16.0 Å². The van der Waals surface area contributed by atoms with Crippen LogP contribution in [0.5, 0.6) is 0 Å². The minimum Gasteiger partial charge on any atom is -0.545 e. The molecular weight excluding hydrogens is 1070 g/mol. The van der Waals surface area contributed by atoms with E-state index in [4.69, 9.17) is 0 Å². The number of halogens is 6. The van der Waals surface area contributed by atoms with Crippen molar-refractivity contribution in [1.29, 1.82) is 0 Å². The molecule has 3 aliphatic heterocycles. The number of fused-ring (bicyclic) bond motifs is 3. The summed E-state index contributed by atoms with van der Waals surface area (Å²) in [5, 5.41) is 42.1. The van der Waals surface area contributed by atoms with E-state index in [-0.39, 0.29) is 107 Å². The maximum Gasteiger partial charge on any atom is 3.00 e. The SMILES string of the molecule is CCn1cc(C(=O)[O-])c(=O)c2cc(F)c(N3CCNC(C)C3)c(F)c21.CCn1cc(C(=O)[O-])c(=O)c2cc(F)c(N3CCNC(C)C3)c(F)c21.CCn1cc(C(=O)[O-])c(=O)c2cc(F)c(N3CCNC(C)C3)c(F)c21.[Ga+3]. The molecule has 0 bridgehead atoms. The van der Waals surface area contributed by atoms with Crippen LogP contribution >= 0.6 is 0 Å². The molecule has 402 valence electrons. The van der Waals surface area contributed by atoms with Crippen molar-refractivity contribution in [3.05, 3.63) is 119 Å². The van der Waals surface area contributed by atoms with Gasteiger partial charge in [-0.25, -0.2) is 26.3 Å². The molecule has 3 saturated heterocycles. The molecule has 0 radical (unpaired) electrons. The van der Waals surface area contributed by atoms with Crippen molar-refractivity contribution in [3.63, 3.8) is 0 Å². The summed E-state index contributed by atoms with van der Waals surface area (Å²) >= 11 is 0. The maximum atomic E-state index is 15.2. The van der Waals surface area contributed by atoms with Crippen LogP contribution in [0.25, 0.3) is 32.7 Å². The van der Waals surface area contributed by atoms with E-state index in [9.17, 15) is 57.3 Å². The third-order valence-corrected chi connectivity index (χ3v) is 13.4. The third kappa shape index (κ3) is 11.3. The second kappa shape index (κ2) is 24.0. The van der Waals surface area contributed by atoms with Crippen LogP contribution in [0.3, 0.4) is 0 Å². The number of nitrogens with zero attached hydrogens (tertiary/aromatic N) is 6. The van der Waals surface area contributed by atoms with Gasteiger partial charge < -0.3 is 74.1 Å². The van der Waals surface area contributed by atoms with Gasteiger partial charge in [0.25, 0.3) is 0 Å². The number of rotatable bonds is 9. The van der Waals surface area contributed by atoms with Gasteiger partial charge in [0.05, 0.1) is 67.3 Å². The van der Waals surface area contributed by atoms with Crippen LogP contribution in [0.4, 0.5) is 43.4 Å². The molecular formula is C51H54F6GaN9O9. The van der Waals surface area contributed by atoms with Gasteiger partial charge in [0.15, 0.2) is 33.7 Å². The molecule has 3 atom stereocenters. The van der Waals surface area contributed by atoms with Crippen molar-refractivity contribution < 1.29 is 56.0 Å². The fourth-order valence-electron chi connectivity index (χ4n) is 9.89. The van der Waals surface area contributed by atoms with E-state index >= 15 is 13.2 Å². The van der Waals surface area contributed by atoms with Crippen molar-refractivity contribution in [1.82, 2.24) is 29.7 Å². The molecule has 9 rings (SSSR count). The number of piperazine rings is 3. The van der Waals surface area contributed by atoms with Crippen molar-refractivity contribution in [2.45, 2.75) is 79.3 Å². The summed E-state index contributed by atoms with van der Waals surface area (Å²) in [4.78, 5) is 75.1. The normalized spacial score (nSPS) is 17.7. The van der Waals surface area contributed by atoms with Crippen molar-refractivity contribution >= 4 is 87.5 Å². The zero-order chi connectivity index (χ0) is 54.9. The number of benzene rings is 3. The predicted molar refractivity (Wildman–Crippen MR) is 269 cm³/mol. The molecule has 0 spiro atoms. The molecule has 3 aromatic carbocycles. The Bertz CT molecular complexity index is 3090. The summed E-state index contributed by atoms with van der Waals surface area (Å²) in [5.74, 6) is -10.2. The van der Waals surface area contributed by atoms with E-state index in [1.165, 1.54) is 13.7 Å². The number of carbonyl (C=O) groups excluding carboxylic acids is 3. The summed E-state index contributed by atoms with van der Waals surface area (Å²) < 4.78 is 93.3. The summed E-state index contributed by atoms with van der Waals surface area (Å²) in [6.07, 6.45) is 3.14. The second-order valence-electron chi connectivity index (χ2n) is 18.5. The second-order valence-corrected chi connectivity index (χ2v) is 18.5. The molecule has 3 aromatic heterocycles. The Labute approximate surface area is 443 Å². The predicted octanol–water partition coefficient (Wildman–Crippen LogP) is 1.00.